The molecular weight excluding hydrogens is 244 g/mol. The van der Waals surface area contributed by atoms with E-state index in [0.717, 1.165) is 11.4 Å². The summed E-state index contributed by atoms with van der Waals surface area (Å²) in [6, 6.07) is 7.07. The number of hydrogen-bond donors (Lipinski definition) is 1. The van der Waals surface area contributed by atoms with Gasteiger partial charge in [0.1, 0.15) is 11.6 Å². The number of nitrogens with zero attached hydrogens (tertiary/aromatic N) is 2. The van der Waals surface area contributed by atoms with E-state index in [1.54, 1.807) is 30.5 Å². The fraction of sp³-hybridized carbons (Fsp3) is 0.286. The highest BCUT2D eigenvalue weighted by atomic mass is 16.5. The molecular formula is C14H16N2O3. The lowest BCUT2D eigenvalue weighted by Crippen LogP contribution is -2.09. The molecule has 1 atom stereocenters. The van der Waals surface area contributed by atoms with Crippen LogP contribution in [-0.2, 0) is 18.3 Å². The number of rotatable bonds is 5. The van der Waals surface area contributed by atoms with E-state index in [1.165, 1.54) is 0 Å². The first-order valence-corrected chi connectivity index (χ1v) is 6.01. The van der Waals surface area contributed by atoms with Crippen LogP contribution in [0.1, 0.15) is 24.4 Å². The molecule has 1 heterocycles. The zero-order chi connectivity index (χ0) is 13.8. The number of aryl methyl sites for hydroxylation is 1. The zero-order valence-corrected chi connectivity index (χ0v) is 10.9. The quantitative estimate of drug-likeness (QED) is 0.895. The molecule has 0 aliphatic carbocycles. The van der Waals surface area contributed by atoms with Crippen LogP contribution >= 0.6 is 0 Å². The van der Waals surface area contributed by atoms with Crippen LogP contribution in [0.5, 0.6) is 5.75 Å². The molecule has 0 amide bonds. The summed E-state index contributed by atoms with van der Waals surface area (Å²) in [5.74, 6) is 0.703. The van der Waals surface area contributed by atoms with Gasteiger partial charge in [0, 0.05) is 19.4 Å². The van der Waals surface area contributed by atoms with E-state index in [2.05, 4.69) is 4.98 Å². The lowest BCUT2D eigenvalue weighted by Gasteiger charge is -2.14. The molecule has 0 saturated carbocycles. The van der Waals surface area contributed by atoms with Gasteiger partial charge in [-0.2, -0.15) is 0 Å². The number of benzene rings is 1. The van der Waals surface area contributed by atoms with Crippen molar-refractivity contribution in [2.45, 2.75) is 19.4 Å². The highest BCUT2D eigenvalue weighted by Gasteiger charge is 2.11. The first-order valence-electron chi connectivity index (χ1n) is 6.01. The van der Waals surface area contributed by atoms with Crippen molar-refractivity contribution in [2.24, 2.45) is 7.05 Å². The third-order valence-corrected chi connectivity index (χ3v) is 2.81. The van der Waals surface area contributed by atoms with Gasteiger partial charge in [-0.05, 0) is 24.6 Å². The van der Waals surface area contributed by atoms with Gasteiger partial charge in [-0.3, -0.25) is 4.79 Å². The number of carbonyl (C=O) groups is 1. The number of ether oxygens (including phenoxy) is 1. The highest BCUT2D eigenvalue weighted by Crippen LogP contribution is 2.20. The lowest BCUT2D eigenvalue weighted by molar-refractivity contribution is -0.136. The number of hydrogen-bond acceptors (Lipinski definition) is 3. The van der Waals surface area contributed by atoms with Gasteiger partial charge in [-0.25, -0.2) is 4.98 Å². The predicted molar refractivity (Wildman–Crippen MR) is 70.0 cm³/mol. The molecule has 0 aliphatic rings. The van der Waals surface area contributed by atoms with Crippen LogP contribution in [0, 0.1) is 0 Å². The summed E-state index contributed by atoms with van der Waals surface area (Å²) in [7, 11) is 1.91. The maximum absolute atomic E-state index is 10.6. The summed E-state index contributed by atoms with van der Waals surface area (Å²) in [4.78, 5) is 14.8. The minimum atomic E-state index is -0.838. The van der Waals surface area contributed by atoms with Crippen LogP contribution < -0.4 is 4.74 Å². The maximum atomic E-state index is 10.6. The van der Waals surface area contributed by atoms with Crippen LogP contribution in [0.4, 0.5) is 0 Å². The average molecular weight is 260 g/mol. The van der Waals surface area contributed by atoms with Gasteiger partial charge in [-0.1, -0.05) is 12.1 Å². The maximum Gasteiger partial charge on any atom is 0.307 e. The topological polar surface area (TPSA) is 64.3 Å². The molecule has 2 aromatic rings. The fourth-order valence-corrected chi connectivity index (χ4v) is 1.89. The third-order valence-electron chi connectivity index (χ3n) is 2.81. The normalized spacial score (nSPS) is 12.1. The van der Waals surface area contributed by atoms with E-state index in [-0.39, 0.29) is 12.5 Å². The molecule has 0 bridgehead atoms. The molecule has 5 heteroatoms. The van der Waals surface area contributed by atoms with Gasteiger partial charge in [0.2, 0.25) is 0 Å². The largest absolute Gasteiger partial charge is 0.483 e. The molecule has 1 unspecified atom stereocenters. The Balaban J connectivity index is 2.03. The summed E-state index contributed by atoms with van der Waals surface area (Å²) < 4.78 is 7.67. The second kappa shape index (κ2) is 5.56. The van der Waals surface area contributed by atoms with Crippen LogP contribution in [0.25, 0.3) is 0 Å². The molecule has 0 aliphatic heterocycles. The van der Waals surface area contributed by atoms with Gasteiger partial charge >= 0.3 is 5.97 Å². The van der Waals surface area contributed by atoms with Crippen LogP contribution in [0.2, 0.25) is 0 Å². The third kappa shape index (κ3) is 3.34. The van der Waals surface area contributed by atoms with Crippen molar-refractivity contribution in [3.05, 3.63) is 48.0 Å². The number of carboxylic acids is 1. The minimum absolute atomic E-state index is 0.0230. The molecule has 0 saturated heterocycles. The molecule has 19 heavy (non-hydrogen) atoms. The van der Waals surface area contributed by atoms with Crippen LogP contribution in [-0.4, -0.2) is 20.6 Å². The average Bonchev–Trinajstić information content (AvgIpc) is 2.77. The van der Waals surface area contributed by atoms with Crippen LogP contribution in [0.3, 0.4) is 0 Å². The van der Waals surface area contributed by atoms with Gasteiger partial charge in [0.05, 0.1) is 6.42 Å². The molecule has 1 aromatic heterocycles. The number of carboxylic acid groups (broad SMARTS) is 1. The Morgan fingerprint density at radius 2 is 2.11 bits per heavy atom. The Bertz CT molecular complexity index is 560. The van der Waals surface area contributed by atoms with E-state index in [1.807, 2.05) is 24.7 Å². The number of imidazole rings is 1. The van der Waals surface area contributed by atoms with Crippen molar-refractivity contribution in [2.75, 3.05) is 0 Å². The van der Waals surface area contributed by atoms with E-state index in [9.17, 15) is 4.79 Å². The predicted octanol–water partition coefficient (Wildman–Crippen LogP) is 2.19. The van der Waals surface area contributed by atoms with Crippen molar-refractivity contribution in [3.8, 4) is 5.75 Å². The smallest absolute Gasteiger partial charge is 0.307 e. The molecule has 2 rings (SSSR count). The molecule has 0 fully saturated rings. The second-order valence-electron chi connectivity index (χ2n) is 4.37. The standard InChI is InChI=1S/C14H16N2O3/c1-10(14-15-7-8-16(14)2)19-12-5-3-11(4-6-12)9-13(17)18/h3-8,10H,9H2,1-2H3,(H,17,18). The summed E-state index contributed by atoms with van der Waals surface area (Å²) in [6.07, 6.45) is 3.45. The molecule has 1 N–H and O–H groups in total. The van der Waals surface area contributed by atoms with Crippen molar-refractivity contribution in [3.63, 3.8) is 0 Å². The summed E-state index contributed by atoms with van der Waals surface area (Å²) >= 11 is 0. The monoisotopic (exact) mass is 260 g/mol. The van der Waals surface area contributed by atoms with Crippen molar-refractivity contribution >= 4 is 5.97 Å². The van der Waals surface area contributed by atoms with E-state index >= 15 is 0 Å². The highest BCUT2D eigenvalue weighted by molar-refractivity contribution is 5.70. The second-order valence-corrected chi connectivity index (χ2v) is 4.37. The Morgan fingerprint density at radius 3 is 2.63 bits per heavy atom. The molecule has 100 valence electrons. The Kier molecular flexibility index (Phi) is 3.85. The summed E-state index contributed by atoms with van der Waals surface area (Å²) in [5, 5.41) is 8.69. The SMILES string of the molecule is CC(Oc1ccc(CC(=O)O)cc1)c1nccn1C. The van der Waals surface area contributed by atoms with Gasteiger partial charge < -0.3 is 14.4 Å². The first-order chi connectivity index (χ1) is 9.06. The fourth-order valence-electron chi connectivity index (χ4n) is 1.89. The molecule has 0 spiro atoms. The van der Waals surface area contributed by atoms with Crippen molar-refractivity contribution in [1.29, 1.82) is 0 Å². The van der Waals surface area contributed by atoms with E-state index < -0.39 is 5.97 Å². The Hall–Kier alpha value is -2.30. The zero-order valence-electron chi connectivity index (χ0n) is 10.9. The van der Waals surface area contributed by atoms with Gasteiger partial charge in [0.15, 0.2) is 6.10 Å². The van der Waals surface area contributed by atoms with Gasteiger partial charge in [-0.15, -0.1) is 0 Å². The van der Waals surface area contributed by atoms with Crippen LogP contribution in [0.15, 0.2) is 36.7 Å². The molecule has 5 nitrogen and oxygen atoms in total. The Morgan fingerprint density at radius 1 is 1.42 bits per heavy atom. The lowest BCUT2D eigenvalue weighted by atomic mass is 10.1. The first kappa shape index (κ1) is 13.1. The molecule has 1 aromatic carbocycles. The summed E-state index contributed by atoms with van der Waals surface area (Å²) in [5.41, 5.74) is 0.754. The minimum Gasteiger partial charge on any atom is -0.483 e. The van der Waals surface area contributed by atoms with E-state index in [4.69, 9.17) is 9.84 Å². The number of aliphatic carboxylic acids is 1. The Labute approximate surface area is 111 Å². The van der Waals surface area contributed by atoms with Crippen molar-refractivity contribution in [1.82, 2.24) is 9.55 Å². The molecule has 0 radical (unpaired) electrons. The van der Waals surface area contributed by atoms with Crippen molar-refractivity contribution < 1.29 is 14.6 Å². The van der Waals surface area contributed by atoms with E-state index in [0.29, 0.717) is 5.75 Å². The number of aromatic nitrogens is 2. The summed E-state index contributed by atoms with van der Waals surface area (Å²) in [6.45, 7) is 1.92. The van der Waals surface area contributed by atoms with Gasteiger partial charge in [0.25, 0.3) is 0 Å².